The lowest BCUT2D eigenvalue weighted by atomic mass is 9.81. The molecule has 0 amide bonds. The van der Waals surface area contributed by atoms with Crippen molar-refractivity contribution in [2.24, 2.45) is 0 Å². The molecule has 2 heteroatoms. The van der Waals surface area contributed by atoms with Crippen molar-refractivity contribution in [3.05, 3.63) is 253 Å². The number of hydrogen-bond donors (Lipinski definition) is 0. The van der Waals surface area contributed by atoms with Gasteiger partial charge in [0.2, 0.25) is 0 Å². The zero-order valence-corrected chi connectivity index (χ0v) is 38.6. The highest BCUT2D eigenvalue weighted by molar-refractivity contribution is 6.30. The van der Waals surface area contributed by atoms with Crippen LogP contribution in [0.3, 0.4) is 0 Å². The Hall–Kier alpha value is -8.46. The van der Waals surface area contributed by atoms with Crippen molar-refractivity contribution in [1.29, 1.82) is 0 Å². The fourth-order valence-electron chi connectivity index (χ4n) is 11.0. The standard InChI is InChI=1S/C66H50N2/c1-4-5-35-61-45(3)50-26-20-21-36-62(50)68(61)49-40-38-48(39-41-49)67(47-24-10-7-11-25-47)66-58-33-18-16-31-55(58)65(56-32-17-19-34-59(56)66)64-54-30-15-14-29-53(54)63(60-43-44(2)37-42-57(60)64)52-28-13-12-27-51(52)46-22-8-6-9-23-46/h4-34,36-43H,35H2,1-3H3/b5-4-. The van der Waals surface area contributed by atoms with E-state index < -0.39 is 0 Å². The molecule has 1 aromatic heterocycles. The van der Waals surface area contributed by atoms with Crippen LogP contribution in [0.1, 0.15) is 23.7 Å². The van der Waals surface area contributed by atoms with Crippen LogP contribution in [-0.4, -0.2) is 4.57 Å². The maximum absolute atomic E-state index is 2.47. The molecular weight excluding hydrogens is 821 g/mol. The first-order chi connectivity index (χ1) is 33.6. The zero-order valence-electron chi connectivity index (χ0n) is 38.6. The molecule has 0 spiro atoms. The Morgan fingerprint density at radius 3 is 1.53 bits per heavy atom. The minimum Gasteiger partial charge on any atom is -0.313 e. The lowest BCUT2D eigenvalue weighted by Gasteiger charge is -2.30. The molecule has 11 aromatic carbocycles. The molecule has 0 radical (unpaired) electrons. The van der Waals surface area contributed by atoms with Gasteiger partial charge in [-0.15, -0.1) is 0 Å². The number of aromatic nitrogens is 1. The lowest BCUT2D eigenvalue weighted by Crippen LogP contribution is -2.12. The minimum atomic E-state index is 0.868. The SMILES string of the molecule is C/C=C\Cc1c(C)c2ccccc2n1-c1ccc(N(c2ccccc2)c2c3ccccc3c(-c3c4ccccc4c(-c4ccccc4-c4ccccc4)c4cc(C)ccc34)c3ccccc23)cc1. The van der Waals surface area contributed by atoms with Gasteiger partial charge in [0.25, 0.3) is 0 Å². The molecule has 0 saturated heterocycles. The lowest BCUT2D eigenvalue weighted by molar-refractivity contribution is 0.988. The van der Waals surface area contributed by atoms with Crippen molar-refractivity contribution in [2.45, 2.75) is 27.2 Å². The summed E-state index contributed by atoms with van der Waals surface area (Å²) in [5.41, 5.74) is 17.1. The number of aryl methyl sites for hydroxylation is 2. The summed E-state index contributed by atoms with van der Waals surface area (Å²) in [6, 6.07) is 82.9. The molecule has 2 nitrogen and oxygen atoms in total. The summed E-state index contributed by atoms with van der Waals surface area (Å²) >= 11 is 0. The van der Waals surface area contributed by atoms with Crippen LogP contribution in [0.5, 0.6) is 0 Å². The van der Waals surface area contributed by atoms with Gasteiger partial charge in [0.15, 0.2) is 0 Å². The van der Waals surface area contributed by atoms with E-state index in [0.717, 1.165) is 29.2 Å². The van der Waals surface area contributed by atoms with E-state index in [1.54, 1.807) is 0 Å². The van der Waals surface area contributed by atoms with Gasteiger partial charge in [-0.25, -0.2) is 0 Å². The Bertz CT molecular complexity index is 3840. The number of hydrogen-bond acceptors (Lipinski definition) is 1. The first-order valence-corrected chi connectivity index (χ1v) is 23.8. The van der Waals surface area contributed by atoms with E-state index in [9.17, 15) is 0 Å². The predicted octanol–water partition coefficient (Wildman–Crippen LogP) is 18.4. The van der Waals surface area contributed by atoms with Gasteiger partial charge in [0, 0.05) is 45.3 Å². The summed E-state index contributed by atoms with van der Waals surface area (Å²) in [7, 11) is 0. The van der Waals surface area contributed by atoms with Crippen LogP contribution >= 0.6 is 0 Å². The molecule has 324 valence electrons. The molecule has 0 aliphatic rings. The third-order valence-electron chi connectivity index (χ3n) is 14.0. The largest absolute Gasteiger partial charge is 0.313 e. The van der Waals surface area contributed by atoms with E-state index in [0.29, 0.717) is 0 Å². The van der Waals surface area contributed by atoms with E-state index in [4.69, 9.17) is 0 Å². The zero-order chi connectivity index (χ0) is 45.7. The Balaban J connectivity index is 1.13. The van der Waals surface area contributed by atoms with Gasteiger partial charge < -0.3 is 9.47 Å². The van der Waals surface area contributed by atoms with E-state index in [-0.39, 0.29) is 0 Å². The molecule has 0 unspecified atom stereocenters. The highest BCUT2D eigenvalue weighted by Gasteiger charge is 2.26. The van der Waals surface area contributed by atoms with Crippen LogP contribution in [0, 0.1) is 13.8 Å². The first kappa shape index (κ1) is 41.0. The first-order valence-electron chi connectivity index (χ1n) is 23.8. The molecule has 0 aliphatic heterocycles. The topological polar surface area (TPSA) is 8.17 Å². The highest BCUT2D eigenvalue weighted by atomic mass is 15.1. The smallest absolute Gasteiger partial charge is 0.0618 e. The molecule has 0 atom stereocenters. The average Bonchev–Trinajstić information content (AvgIpc) is 3.68. The fraction of sp³-hybridized carbons (Fsp3) is 0.0606. The van der Waals surface area contributed by atoms with Crippen molar-refractivity contribution in [3.63, 3.8) is 0 Å². The van der Waals surface area contributed by atoms with Crippen LogP contribution < -0.4 is 4.90 Å². The van der Waals surface area contributed by atoms with Gasteiger partial charge in [0.1, 0.15) is 0 Å². The van der Waals surface area contributed by atoms with Crippen LogP contribution in [-0.2, 0) is 6.42 Å². The number of rotatable bonds is 9. The third-order valence-corrected chi connectivity index (χ3v) is 14.0. The normalized spacial score (nSPS) is 11.8. The fourth-order valence-corrected chi connectivity index (χ4v) is 11.0. The van der Waals surface area contributed by atoms with Gasteiger partial charge >= 0.3 is 0 Å². The van der Waals surface area contributed by atoms with Crippen molar-refractivity contribution >= 4 is 71.1 Å². The number of nitrogens with zero attached hydrogens (tertiary/aromatic N) is 2. The highest BCUT2D eigenvalue weighted by Crippen LogP contribution is 2.53. The number of anilines is 3. The van der Waals surface area contributed by atoms with Crippen LogP contribution in [0.25, 0.3) is 93.1 Å². The Labute approximate surface area is 398 Å². The van der Waals surface area contributed by atoms with Crippen LogP contribution in [0.15, 0.2) is 237 Å². The summed E-state index contributed by atoms with van der Waals surface area (Å²) in [6.07, 6.45) is 5.28. The van der Waals surface area contributed by atoms with Crippen molar-refractivity contribution < 1.29 is 0 Å². The molecule has 0 saturated carbocycles. The average molecular weight is 871 g/mol. The third kappa shape index (κ3) is 6.71. The Morgan fingerprint density at radius 2 is 0.897 bits per heavy atom. The number of benzene rings is 11. The van der Waals surface area contributed by atoms with Gasteiger partial charge in [-0.2, -0.15) is 0 Å². The molecule has 12 rings (SSSR count). The number of para-hydroxylation sites is 2. The number of allylic oxidation sites excluding steroid dienone is 2. The predicted molar refractivity (Wildman–Crippen MR) is 292 cm³/mol. The molecule has 0 N–H and O–H groups in total. The van der Waals surface area contributed by atoms with Crippen LogP contribution in [0.4, 0.5) is 17.1 Å². The molecule has 0 bridgehead atoms. The maximum Gasteiger partial charge on any atom is 0.0618 e. The molecular formula is C66H50N2. The van der Waals surface area contributed by atoms with Gasteiger partial charge in [-0.1, -0.05) is 200 Å². The summed E-state index contributed by atoms with van der Waals surface area (Å²) in [6.45, 7) is 6.58. The second kappa shape index (κ2) is 17.1. The molecule has 12 aromatic rings. The monoisotopic (exact) mass is 870 g/mol. The van der Waals surface area contributed by atoms with E-state index in [2.05, 4.69) is 267 Å². The molecule has 0 aliphatic carbocycles. The summed E-state index contributed by atoms with van der Waals surface area (Å²) in [5, 5.41) is 11.1. The molecule has 1 heterocycles. The molecule has 0 fully saturated rings. The minimum absolute atomic E-state index is 0.868. The second-order valence-corrected chi connectivity index (χ2v) is 18.0. The summed E-state index contributed by atoms with van der Waals surface area (Å²) in [4.78, 5) is 2.47. The Morgan fingerprint density at radius 1 is 0.412 bits per heavy atom. The quantitative estimate of drug-likeness (QED) is 0.104. The molecule has 68 heavy (non-hydrogen) atoms. The second-order valence-electron chi connectivity index (χ2n) is 18.0. The van der Waals surface area contributed by atoms with Gasteiger partial charge in [0.05, 0.1) is 11.2 Å². The van der Waals surface area contributed by atoms with E-state index >= 15 is 0 Å². The van der Waals surface area contributed by atoms with E-state index in [1.807, 2.05) is 0 Å². The number of fused-ring (bicyclic) bond motifs is 5. The summed E-state index contributed by atoms with van der Waals surface area (Å²) in [5.74, 6) is 0. The van der Waals surface area contributed by atoms with Gasteiger partial charge in [-0.05, 0) is 134 Å². The van der Waals surface area contributed by atoms with Crippen LogP contribution in [0.2, 0.25) is 0 Å². The van der Waals surface area contributed by atoms with Crippen molar-refractivity contribution in [1.82, 2.24) is 4.57 Å². The summed E-state index contributed by atoms with van der Waals surface area (Å²) < 4.78 is 2.45. The van der Waals surface area contributed by atoms with Crippen molar-refractivity contribution in [3.8, 4) is 39.1 Å². The van der Waals surface area contributed by atoms with Gasteiger partial charge in [-0.3, -0.25) is 0 Å². The van der Waals surface area contributed by atoms with E-state index in [1.165, 1.54) is 104 Å². The maximum atomic E-state index is 2.47. The van der Waals surface area contributed by atoms with Crippen molar-refractivity contribution in [2.75, 3.05) is 4.90 Å². The Kier molecular flexibility index (Phi) is 10.3.